The summed E-state index contributed by atoms with van der Waals surface area (Å²) in [6.07, 6.45) is 0. The molecule has 3 aromatic rings. The van der Waals surface area contributed by atoms with Crippen LogP contribution in [-0.2, 0) is 0 Å². The van der Waals surface area contributed by atoms with E-state index < -0.39 is 17.6 Å². The second-order valence-corrected chi connectivity index (χ2v) is 6.22. The summed E-state index contributed by atoms with van der Waals surface area (Å²) in [4.78, 5) is 24.9. The molecule has 138 valence electrons. The summed E-state index contributed by atoms with van der Waals surface area (Å²) in [5.74, 6) is -1.47. The summed E-state index contributed by atoms with van der Waals surface area (Å²) in [7, 11) is 0. The highest BCUT2D eigenvalue weighted by molar-refractivity contribution is 6.31. The third-order valence-corrected chi connectivity index (χ3v) is 4.10. The number of halogens is 2. The number of hydrogen-bond donors (Lipinski definition) is 2. The average molecular weight is 394 g/mol. The monoisotopic (exact) mass is 393 g/mol. The molecule has 0 saturated carbocycles. The van der Waals surface area contributed by atoms with Gasteiger partial charge in [0.1, 0.15) is 5.82 Å². The van der Waals surface area contributed by atoms with Gasteiger partial charge in [-0.15, -0.1) is 0 Å². The Morgan fingerprint density at radius 2 is 1.46 bits per heavy atom. The molecule has 0 fully saturated rings. The van der Waals surface area contributed by atoms with E-state index in [4.69, 9.17) is 16.9 Å². The summed E-state index contributed by atoms with van der Waals surface area (Å²) >= 11 is 5.71. The molecule has 2 amide bonds. The van der Waals surface area contributed by atoms with Crippen molar-refractivity contribution in [2.75, 3.05) is 10.6 Å². The fraction of sp³-hybridized carbons (Fsp3) is 0. The van der Waals surface area contributed by atoms with E-state index >= 15 is 0 Å². The SMILES string of the molecule is N#Cc1cccc(NC(=O)c2cccc(C(=O)Nc3ccc(F)c(Cl)c3)c2)c1. The Labute approximate surface area is 165 Å². The van der Waals surface area contributed by atoms with Gasteiger partial charge in [-0.2, -0.15) is 5.26 Å². The van der Waals surface area contributed by atoms with E-state index in [1.807, 2.05) is 6.07 Å². The van der Waals surface area contributed by atoms with E-state index in [1.165, 1.54) is 18.2 Å². The van der Waals surface area contributed by atoms with Crippen molar-refractivity contribution in [1.82, 2.24) is 0 Å². The lowest BCUT2D eigenvalue weighted by molar-refractivity contribution is 0.102. The van der Waals surface area contributed by atoms with Crippen LogP contribution in [0.25, 0.3) is 0 Å². The van der Waals surface area contributed by atoms with Crippen LogP contribution in [0.4, 0.5) is 15.8 Å². The molecule has 0 atom stereocenters. The Balaban J connectivity index is 1.75. The Morgan fingerprint density at radius 1 is 0.857 bits per heavy atom. The van der Waals surface area contributed by atoms with Gasteiger partial charge in [0.25, 0.3) is 11.8 Å². The summed E-state index contributed by atoms with van der Waals surface area (Å²) in [5, 5.41) is 14.1. The van der Waals surface area contributed by atoms with Crippen LogP contribution in [0.3, 0.4) is 0 Å². The Hall–Kier alpha value is -3.69. The van der Waals surface area contributed by atoms with Crippen LogP contribution in [-0.4, -0.2) is 11.8 Å². The summed E-state index contributed by atoms with van der Waals surface area (Å²) in [6, 6.07) is 18.5. The predicted octanol–water partition coefficient (Wildman–Crippen LogP) is 4.86. The van der Waals surface area contributed by atoms with E-state index in [1.54, 1.807) is 42.5 Å². The maximum absolute atomic E-state index is 13.2. The van der Waals surface area contributed by atoms with Crippen LogP contribution in [0.5, 0.6) is 0 Å². The molecule has 0 bridgehead atoms. The summed E-state index contributed by atoms with van der Waals surface area (Å²) in [6.45, 7) is 0. The van der Waals surface area contributed by atoms with Crippen LogP contribution >= 0.6 is 11.6 Å². The molecule has 7 heteroatoms. The van der Waals surface area contributed by atoms with Gasteiger partial charge < -0.3 is 10.6 Å². The Kier molecular flexibility index (Phi) is 5.68. The van der Waals surface area contributed by atoms with E-state index in [-0.39, 0.29) is 16.1 Å². The van der Waals surface area contributed by atoms with Crippen molar-refractivity contribution >= 4 is 34.8 Å². The number of nitrogens with one attached hydrogen (secondary N) is 2. The molecule has 28 heavy (non-hydrogen) atoms. The van der Waals surface area contributed by atoms with Crippen LogP contribution in [0.1, 0.15) is 26.3 Å². The minimum Gasteiger partial charge on any atom is -0.322 e. The smallest absolute Gasteiger partial charge is 0.255 e. The van der Waals surface area contributed by atoms with Crippen molar-refractivity contribution in [3.05, 3.63) is 94.3 Å². The molecule has 5 nitrogen and oxygen atoms in total. The van der Waals surface area contributed by atoms with E-state index in [0.717, 1.165) is 6.07 Å². The normalized spacial score (nSPS) is 10.0. The van der Waals surface area contributed by atoms with Gasteiger partial charge in [-0.3, -0.25) is 9.59 Å². The Bertz CT molecular complexity index is 1110. The molecular weight excluding hydrogens is 381 g/mol. The van der Waals surface area contributed by atoms with Gasteiger partial charge in [-0.25, -0.2) is 4.39 Å². The van der Waals surface area contributed by atoms with Crippen molar-refractivity contribution in [3.63, 3.8) is 0 Å². The first kappa shape index (κ1) is 19.1. The number of nitrogens with zero attached hydrogens (tertiary/aromatic N) is 1. The second kappa shape index (κ2) is 8.33. The van der Waals surface area contributed by atoms with Gasteiger partial charge in [0.2, 0.25) is 0 Å². The number of rotatable bonds is 4. The second-order valence-electron chi connectivity index (χ2n) is 5.81. The molecule has 3 aromatic carbocycles. The molecule has 0 spiro atoms. The number of carbonyl (C=O) groups excluding carboxylic acids is 2. The quantitative estimate of drug-likeness (QED) is 0.664. The lowest BCUT2D eigenvalue weighted by Gasteiger charge is -2.09. The summed E-state index contributed by atoms with van der Waals surface area (Å²) in [5.41, 5.74) is 1.74. The zero-order chi connectivity index (χ0) is 20.1. The predicted molar refractivity (Wildman–Crippen MR) is 105 cm³/mol. The lowest BCUT2D eigenvalue weighted by Crippen LogP contribution is -2.15. The van der Waals surface area contributed by atoms with Crippen molar-refractivity contribution in [2.45, 2.75) is 0 Å². The number of nitriles is 1. The number of carbonyl (C=O) groups is 2. The first-order valence-electron chi connectivity index (χ1n) is 8.14. The van der Waals surface area contributed by atoms with E-state index in [0.29, 0.717) is 16.9 Å². The van der Waals surface area contributed by atoms with Crippen LogP contribution in [0.15, 0.2) is 66.7 Å². The van der Waals surface area contributed by atoms with E-state index in [2.05, 4.69) is 10.6 Å². The largest absolute Gasteiger partial charge is 0.322 e. The third-order valence-electron chi connectivity index (χ3n) is 3.81. The van der Waals surface area contributed by atoms with Gasteiger partial charge in [0, 0.05) is 22.5 Å². The molecule has 3 rings (SSSR count). The third kappa shape index (κ3) is 4.53. The zero-order valence-corrected chi connectivity index (χ0v) is 15.1. The molecule has 0 aliphatic heterocycles. The molecule has 0 aromatic heterocycles. The highest BCUT2D eigenvalue weighted by Gasteiger charge is 2.12. The minimum absolute atomic E-state index is 0.106. The topological polar surface area (TPSA) is 82.0 Å². The van der Waals surface area contributed by atoms with Gasteiger partial charge in [0.15, 0.2) is 0 Å². The molecule has 0 saturated heterocycles. The number of anilines is 2. The zero-order valence-electron chi connectivity index (χ0n) is 14.4. The van der Waals surface area contributed by atoms with Crippen molar-refractivity contribution in [2.24, 2.45) is 0 Å². The van der Waals surface area contributed by atoms with E-state index in [9.17, 15) is 14.0 Å². The van der Waals surface area contributed by atoms with Crippen LogP contribution in [0, 0.1) is 17.1 Å². The fourth-order valence-electron chi connectivity index (χ4n) is 2.45. The summed E-state index contributed by atoms with van der Waals surface area (Å²) < 4.78 is 13.2. The number of hydrogen-bond acceptors (Lipinski definition) is 3. The molecule has 0 unspecified atom stereocenters. The van der Waals surface area contributed by atoms with Crippen LogP contribution < -0.4 is 10.6 Å². The molecule has 0 aliphatic rings. The van der Waals surface area contributed by atoms with Gasteiger partial charge in [0.05, 0.1) is 16.7 Å². The number of amides is 2. The first-order valence-corrected chi connectivity index (χ1v) is 8.52. The van der Waals surface area contributed by atoms with Gasteiger partial charge in [-0.05, 0) is 54.6 Å². The standard InChI is InChI=1S/C21H13ClFN3O2/c22-18-11-17(7-8-19(18)23)26-21(28)15-5-2-4-14(10-15)20(27)25-16-6-1-3-13(9-16)12-24/h1-11H,(H,25,27)(H,26,28). The van der Waals surface area contributed by atoms with Crippen molar-refractivity contribution < 1.29 is 14.0 Å². The molecule has 0 radical (unpaired) electrons. The van der Waals surface area contributed by atoms with Crippen molar-refractivity contribution in [3.8, 4) is 6.07 Å². The minimum atomic E-state index is -0.584. The van der Waals surface area contributed by atoms with Crippen molar-refractivity contribution in [1.29, 1.82) is 5.26 Å². The molecule has 2 N–H and O–H groups in total. The maximum atomic E-state index is 13.2. The molecular formula is C21H13ClFN3O2. The van der Waals surface area contributed by atoms with Crippen LogP contribution in [0.2, 0.25) is 5.02 Å². The molecule has 0 heterocycles. The first-order chi connectivity index (χ1) is 13.5. The highest BCUT2D eigenvalue weighted by Crippen LogP contribution is 2.20. The lowest BCUT2D eigenvalue weighted by atomic mass is 10.1. The number of benzene rings is 3. The van der Waals surface area contributed by atoms with Gasteiger partial charge >= 0.3 is 0 Å². The highest BCUT2D eigenvalue weighted by atomic mass is 35.5. The average Bonchev–Trinajstić information content (AvgIpc) is 2.71. The van der Waals surface area contributed by atoms with Gasteiger partial charge in [-0.1, -0.05) is 23.7 Å². The maximum Gasteiger partial charge on any atom is 0.255 e. The fourth-order valence-corrected chi connectivity index (χ4v) is 2.63. The Morgan fingerprint density at radius 3 is 2.07 bits per heavy atom. The molecule has 0 aliphatic carbocycles.